The van der Waals surface area contributed by atoms with Crippen LogP contribution in [0.1, 0.15) is 37.4 Å². The van der Waals surface area contributed by atoms with Crippen molar-refractivity contribution in [3.05, 3.63) is 59.2 Å². The quantitative estimate of drug-likeness (QED) is 0.525. The number of nitrogens with zero attached hydrogens (tertiary/aromatic N) is 3. The maximum atomic E-state index is 12.9. The molecule has 8 nitrogen and oxygen atoms in total. The van der Waals surface area contributed by atoms with E-state index in [1.54, 1.807) is 29.1 Å². The zero-order chi connectivity index (χ0) is 25.3. The number of amides is 1. The second kappa shape index (κ2) is 7.84. The van der Waals surface area contributed by atoms with Crippen molar-refractivity contribution in [2.24, 2.45) is 0 Å². The molecule has 0 saturated heterocycles. The average Bonchev–Trinajstić information content (AvgIpc) is 3.24. The fraction of sp³-hybridized carbons (Fsp3) is 0.375. The number of aliphatic hydroxyl groups is 1. The standard InChI is InChI=1S/C24H20ClF3N4O4/c25-14-3-6-19-16(7-14)18(33)8-20(35-19)21(34)29-22-10-23(11-22,12-22)32-9-17(30-31-32)13-1-4-15(5-2-13)36-24(26,27)28/h1-7,9,18,20,33H,8,10-12H2,(H,29,34)/t18-,20-,22?,23?/m1/s1. The van der Waals surface area contributed by atoms with Crippen LogP contribution in [0.5, 0.6) is 11.5 Å². The van der Waals surface area contributed by atoms with Crippen molar-refractivity contribution in [1.82, 2.24) is 20.3 Å². The number of halogens is 4. The SMILES string of the molecule is O=C(NC12CC(n3cc(-c4ccc(OC(F)(F)F)cc4)nn3)(C1)C2)[C@H]1C[C@@H](O)c2cc(Cl)ccc2O1. The van der Waals surface area contributed by atoms with Gasteiger partial charge in [0.1, 0.15) is 17.2 Å². The molecule has 3 aromatic rings. The van der Waals surface area contributed by atoms with E-state index in [4.69, 9.17) is 16.3 Å². The lowest BCUT2D eigenvalue weighted by Crippen LogP contribution is -2.79. The van der Waals surface area contributed by atoms with Crippen LogP contribution in [0.25, 0.3) is 11.3 Å². The molecule has 0 radical (unpaired) electrons. The third kappa shape index (κ3) is 3.96. The van der Waals surface area contributed by atoms with Gasteiger partial charge in [0.15, 0.2) is 6.10 Å². The van der Waals surface area contributed by atoms with Gasteiger partial charge in [-0.1, -0.05) is 16.8 Å². The molecule has 0 unspecified atom stereocenters. The number of rotatable bonds is 5. The van der Waals surface area contributed by atoms with Crippen molar-refractivity contribution in [3.63, 3.8) is 0 Å². The van der Waals surface area contributed by atoms with Crippen LogP contribution in [-0.4, -0.2) is 44.0 Å². The summed E-state index contributed by atoms with van der Waals surface area (Å²) in [5.74, 6) is -0.138. The number of fused-ring (bicyclic) bond motifs is 1. The minimum atomic E-state index is -4.75. The molecule has 188 valence electrons. The molecule has 2 atom stereocenters. The lowest BCUT2D eigenvalue weighted by molar-refractivity contribution is -0.274. The molecule has 0 spiro atoms. The Balaban J connectivity index is 1.07. The molecule has 2 N–H and O–H groups in total. The van der Waals surface area contributed by atoms with E-state index in [-0.39, 0.29) is 29.2 Å². The summed E-state index contributed by atoms with van der Waals surface area (Å²) >= 11 is 5.99. The topological polar surface area (TPSA) is 98.5 Å². The van der Waals surface area contributed by atoms with Crippen LogP contribution in [0.4, 0.5) is 13.2 Å². The number of aliphatic hydroxyl groups excluding tert-OH is 1. The van der Waals surface area contributed by atoms with Crippen LogP contribution in [0.15, 0.2) is 48.7 Å². The highest BCUT2D eigenvalue weighted by Crippen LogP contribution is 2.65. The smallest absolute Gasteiger partial charge is 0.480 e. The molecular formula is C24H20ClF3N4O4. The van der Waals surface area contributed by atoms with Crippen molar-refractivity contribution in [1.29, 1.82) is 0 Å². The van der Waals surface area contributed by atoms with E-state index in [1.165, 1.54) is 24.3 Å². The number of carbonyl (C=O) groups excluding carboxylic acids is 1. The Kier molecular flexibility index (Phi) is 5.03. The van der Waals surface area contributed by atoms with Crippen molar-refractivity contribution in [3.8, 4) is 22.8 Å². The summed E-state index contributed by atoms with van der Waals surface area (Å²) in [6.45, 7) is 0. The average molecular weight is 521 g/mol. The van der Waals surface area contributed by atoms with E-state index >= 15 is 0 Å². The molecule has 3 saturated carbocycles. The van der Waals surface area contributed by atoms with Crippen LogP contribution >= 0.6 is 11.6 Å². The number of hydrogen-bond acceptors (Lipinski definition) is 6. The van der Waals surface area contributed by atoms with Gasteiger partial charge in [-0.2, -0.15) is 0 Å². The third-order valence-electron chi connectivity index (χ3n) is 7.08. The van der Waals surface area contributed by atoms with E-state index in [1.807, 2.05) is 0 Å². The Morgan fingerprint density at radius 3 is 2.61 bits per heavy atom. The normalized spacial score (nSPS) is 28.2. The van der Waals surface area contributed by atoms with Crippen LogP contribution in [0.3, 0.4) is 0 Å². The van der Waals surface area contributed by atoms with Gasteiger partial charge in [-0.05, 0) is 61.7 Å². The molecule has 7 rings (SSSR count). The fourth-order valence-corrected chi connectivity index (χ4v) is 5.67. The molecule has 36 heavy (non-hydrogen) atoms. The second-order valence-corrected chi connectivity index (χ2v) is 10.1. The number of alkyl halides is 3. The first kappa shape index (κ1) is 23.1. The van der Waals surface area contributed by atoms with Crippen molar-refractivity contribution < 1.29 is 32.5 Å². The molecule has 1 amide bonds. The maximum Gasteiger partial charge on any atom is 0.573 e. The Hall–Kier alpha value is -3.31. The monoisotopic (exact) mass is 520 g/mol. The Labute approximate surface area is 208 Å². The molecule has 2 bridgehead atoms. The highest BCUT2D eigenvalue weighted by Gasteiger charge is 2.70. The van der Waals surface area contributed by atoms with Gasteiger partial charge in [-0.15, -0.1) is 18.3 Å². The van der Waals surface area contributed by atoms with E-state index < -0.39 is 18.6 Å². The number of ether oxygens (including phenoxy) is 2. The highest BCUT2D eigenvalue weighted by molar-refractivity contribution is 6.30. The number of carbonyl (C=O) groups is 1. The van der Waals surface area contributed by atoms with Crippen molar-refractivity contribution >= 4 is 17.5 Å². The van der Waals surface area contributed by atoms with Crippen LogP contribution < -0.4 is 14.8 Å². The highest BCUT2D eigenvalue weighted by atomic mass is 35.5. The summed E-state index contributed by atoms with van der Waals surface area (Å²) in [7, 11) is 0. The predicted molar refractivity (Wildman–Crippen MR) is 120 cm³/mol. The Bertz CT molecular complexity index is 1320. The van der Waals surface area contributed by atoms with Gasteiger partial charge in [0.25, 0.3) is 5.91 Å². The number of hydrogen-bond donors (Lipinski definition) is 2. The zero-order valence-electron chi connectivity index (χ0n) is 18.6. The van der Waals surface area contributed by atoms with Crippen LogP contribution in [0, 0.1) is 0 Å². The maximum absolute atomic E-state index is 12.9. The number of nitrogens with one attached hydrogen (secondary N) is 1. The summed E-state index contributed by atoms with van der Waals surface area (Å²) in [5, 5.41) is 22.4. The molecule has 2 heterocycles. The first-order chi connectivity index (χ1) is 17.0. The molecule has 3 fully saturated rings. The van der Waals surface area contributed by atoms with E-state index in [0.29, 0.717) is 46.9 Å². The third-order valence-corrected chi connectivity index (χ3v) is 7.32. The molecule has 1 aromatic heterocycles. The first-order valence-electron chi connectivity index (χ1n) is 11.3. The molecule has 2 aromatic carbocycles. The largest absolute Gasteiger partial charge is 0.573 e. The molecule has 12 heteroatoms. The first-order valence-corrected chi connectivity index (χ1v) is 11.7. The minimum absolute atomic E-state index is 0.139. The van der Waals surface area contributed by atoms with Crippen LogP contribution in [-0.2, 0) is 10.3 Å². The second-order valence-electron chi connectivity index (χ2n) is 9.68. The van der Waals surface area contributed by atoms with Gasteiger partial charge in [0.05, 0.1) is 17.8 Å². The van der Waals surface area contributed by atoms with Crippen molar-refractivity contribution in [2.45, 2.75) is 55.3 Å². The van der Waals surface area contributed by atoms with Gasteiger partial charge in [0.2, 0.25) is 0 Å². The van der Waals surface area contributed by atoms with E-state index in [0.717, 1.165) is 0 Å². The summed E-state index contributed by atoms with van der Waals surface area (Å²) in [6.07, 6.45) is -2.47. The van der Waals surface area contributed by atoms with Gasteiger partial charge in [0, 0.05) is 28.1 Å². The number of aromatic nitrogens is 3. The molecular weight excluding hydrogens is 501 g/mol. The number of benzene rings is 2. The summed E-state index contributed by atoms with van der Waals surface area (Å²) in [4.78, 5) is 12.9. The summed E-state index contributed by atoms with van der Waals surface area (Å²) in [5.41, 5.74) is 1.10. The fourth-order valence-electron chi connectivity index (χ4n) is 5.49. The van der Waals surface area contributed by atoms with Gasteiger partial charge in [-0.25, -0.2) is 4.68 Å². The lowest BCUT2D eigenvalue weighted by Gasteiger charge is -2.69. The molecule has 4 aliphatic rings. The molecule has 3 aliphatic carbocycles. The van der Waals surface area contributed by atoms with Gasteiger partial charge >= 0.3 is 6.36 Å². The van der Waals surface area contributed by atoms with Crippen LogP contribution in [0.2, 0.25) is 5.02 Å². The van der Waals surface area contributed by atoms with E-state index in [2.05, 4.69) is 20.4 Å². The lowest BCUT2D eigenvalue weighted by atomic mass is 9.44. The summed E-state index contributed by atoms with van der Waals surface area (Å²) in [6, 6.07) is 10.4. The minimum Gasteiger partial charge on any atom is -0.480 e. The Morgan fingerprint density at radius 1 is 1.19 bits per heavy atom. The zero-order valence-corrected chi connectivity index (χ0v) is 19.4. The van der Waals surface area contributed by atoms with E-state index in [9.17, 15) is 23.1 Å². The molecule has 1 aliphatic heterocycles. The predicted octanol–water partition coefficient (Wildman–Crippen LogP) is 4.13. The van der Waals surface area contributed by atoms with Gasteiger partial charge < -0.3 is 19.9 Å². The van der Waals surface area contributed by atoms with Gasteiger partial charge in [-0.3, -0.25) is 4.79 Å². The Morgan fingerprint density at radius 2 is 1.92 bits per heavy atom. The van der Waals surface area contributed by atoms with Crippen molar-refractivity contribution in [2.75, 3.05) is 0 Å². The summed E-state index contributed by atoms with van der Waals surface area (Å²) < 4.78 is 48.6.